The Morgan fingerprint density at radius 2 is 1.55 bits per heavy atom. The van der Waals surface area contributed by atoms with Crippen molar-refractivity contribution >= 4 is 23.4 Å². The molecule has 0 atom stereocenters. The maximum Gasteiger partial charge on any atom is 0.257 e. The number of carbonyl (C=O) groups is 3. The molecule has 0 radical (unpaired) electrons. The van der Waals surface area contributed by atoms with Crippen molar-refractivity contribution < 1.29 is 23.2 Å². The second kappa shape index (κ2) is 5.95. The molecular weight excluding hydrogens is 274 g/mol. The van der Waals surface area contributed by atoms with Gasteiger partial charge in [0.05, 0.1) is 11.3 Å². The molecule has 0 fully saturated rings. The van der Waals surface area contributed by atoms with E-state index in [0.29, 0.717) is 17.0 Å². The van der Waals surface area contributed by atoms with Crippen LogP contribution < -0.4 is 17.2 Å². The zero-order chi connectivity index (χ0) is 15.4. The van der Waals surface area contributed by atoms with Gasteiger partial charge in [0, 0.05) is 0 Å². The minimum Gasteiger partial charge on any atom is -0.396 e. The van der Waals surface area contributed by atoms with Crippen LogP contribution in [0, 0.1) is 11.6 Å². The number of primary amides is 2. The molecule has 6 N–H and O–H groups in total. The van der Waals surface area contributed by atoms with Crippen LogP contribution in [0.3, 0.4) is 0 Å². The van der Waals surface area contributed by atoms with Crippen molar-refractivity contribution in [1.82, 2.24) is 4.90 Å². The van der Waals surface area contributed by atoms with Gasteiger partial charge in [-0.15, -0.1) is 0 Å². The van der Waals surface area contributed by atoms with Crippen molar-refractivity contribution in [3.8, 4) is 0 Å². The van der Waals surface area contributed by atoms with E-state index >= 15 is 0 Å². The first-order valence-electron chi connectivity index (χ1n) is 5.32. The Balaban J connectivity index is 3.17. The number of carbonyl (C=O) groups excluding carboxylic acids is 3. The van der Waals surface area contributed by atoms with Crippen molar-refractivity contribution in [2.45, 2.75) is 0 Å². The van der Waals surface area contributed by atoms with Crippen LogP contribution in [0.5, 0.6) is 0 Å². The van der Waals surface area contributed by atoms with Gasteiger partial charge in [-0.1, -0.05) is 0 Å². The summed E-state index contributed by atoms with van der Waals surface area (Å²) < 4.78 is 26.9. The minimum absolute atomic E-state index is 0.577. The lowest BCUT2D eigenvalue weighted by Crippen LogP contribution is -2.43. The second-order valence-electron chi connectivity index (χ2n) is 3.95. The summed E-state index contributed by atoms with van der Waals surface area (Å²) in [6.45, 7) is -1.34. The molecule has 0 heterocycles. The van der Waals surface area contributed by atoms with Crippen LogP contribution in [0.15, 0.2) is 12.1 Å². The fourth-order valence-corrected chi connectivity index (χ4v) is 1.51. The molecule has 20 heavy (non-hydrogen) atoms. The molecule has 0 aliphatic heterocycles. The highest BCUT2D eigenvalue weighted by molar-refractivity contribution is 5.99. The molecule has 0 bridgehead atoms. The van der Waals surface area contributed by atoms with Crippen LogP contribution in [0.4, 0.5) is 14.5 Å². The molecular formula is C11H12F2N4O3. The fraction of sp³-hybridized carbons (Fsp3) is 0.182. The third-order valence-electron chi connectivity index (χ3n) is 2.28. The molecule has 7 nitrogen and oxygen atoms in total. The number of amides is 3. The van der Waals surface area contributed by atoms with Crippen LogP contribution in [0.2, 0.25) is 0 Å². The molecule has 0 aliphatic rings. The summed E-state index contributed by atoms with van der Waals surface area (Å²) >= 11 is 0. The van der Waals surface area contributed by atoms with Crippen LogP contribution in [-0.2, 0) is 9.59 Å². The summed E-state index contributed by atoms with van der Waals surface area (Å²) in [5.74, 6) is -5.10. The molecule has 0 spiro atoms. The Labute approximate surface area is 112 Å². The van der Waals surface area contributed by atoms with E-state index in [1.807, 2.05) is 0 Å². The van der Waals surface area contributed by atoms with Gasteiger partial charge >= 0.3 is 0 Å². The predicted octanol–water partition coefficient (Wildman–Crippen LogP) is -1.04. The van der Waals surface area contributed by atoms with E-state index in [1.165, 1.54) is 0 Å². The molecule has 0 unspecified atom stereocenters. The number of hydrogen-bond acceptors (Lipinski definition) is 4. The van der Waals surface area contributed by atoms with Crippen LogP contribution >= 0.6 is 0 Å². The van der Waals surface area contributed by atoms with E-state index < -0.39 is 53.7 Å². The summed E-state index contributed by atoms with van der Waals surface area (Å²) in [4.78, 5) is 34.2. The standard InChI is InChI=1S/C11H12F2N4O3/c12-5-1-6(10(13)7(14)2-5)11(20)17(3-8(15)18)4-9(16)19/h1-2H,3-4,14H2,(H2,15,18)(H2,16,19). The lowest BCUT2D eigenvalue weighted by atomic mass is 10.1. The molecule has 0 saturated heterocycles. The normalized spacial score (nSPS) is 10.1. The van der Waals surface area contributed by atoms with Crippen LogP contribution in [-0.4, -0.2) is 35.7 Å². The van der Waals surface area contributed by atoms with Crippen molar-refractivity contribution in [2.24, 2.45) is 11.5 Å². The molecule has 3 amide bonds. The van der Waals surface area contributed by atoms with Crippen LogP contribution in [0.25, 0.3) is 0 Å². The number of hydrogen-bond donors (Lipinski definition) is 3. The third kappa shape index (κ3) is 3.64. The molecule has 1 aromatic rings. The van der Waals surface area contributed by atoms with Gasteiger partial charge in [-0.25, -0.2) is 8.78 Å². The first-order valence-corrected chi connectivity index (χ1v) is 5.32. The van der Waals surface area contributed by atoms with Gasteiger partial charge in [0.25, 0.3) is 5.91 Å². The second-order valence-corrected chi connectivity index (χ2v) is 3.95. The van der Waals surface area contributed by atoms with Crippen LogP contribution in [0.1, 0.15) is 10.4 Å². The highest BCUT2D eigenvalue weighted by atomic mass is 19.1. The van der Waals surface area contributed by atoms with Gasteiger partial charge < -0.3 is 22.1 Å². The Bertz CT molecular complexity index is 561. The lowest BCUT2D eigenvalue weighted by Gasteiger charge is -2.20. The van der Waals surface area contributed by atoms with E-state index in [4.69, 9.17) is 17.2 Å². The predicted molar refractivity (Wildman–Crippen MR) is 65.1 cm³/mol. The number of nitrogens with two attached hydrogens (primary N) is 3. The Morgan fingerprint density at radius 3 is 2.00 bits per heavy atom. The van der Waals surface area contributed by atoms with E-state index in [9.17, 15) is 23.2 Å². The average Bonchev–Trinajstić information content (AvgIpc) is 2.30. The number of anilines is 1. The molecule has 0 aromatic heterocycles. The summed E-state index contributed by atoms with van der Waals surface area (Å²) in [5, 5.41) is 0. The van der Waals surface area contributed by atoms with Crippen molar-refractivity contribution in [3.63, 3.8) is 0 Å². The smallest absolute Gasteiger partial charge is 0.257 e. The molecule has 108 valence electrons. The highest BCUT2D eigenvalue weighted by Crippen LogP contribution is 2.19. The number of nitrogen functional groups attached to an aromatic ring is 1. The van der Waals surface area contributed by atoms with Crippen molar-refractivity contribution in [1.29, 1.82) is 0 Å². The summed E-state index contributed by atoms with van der Waals surface area (Å²) in [6.07, 6.45) is 0. The van der Waals surface area contributed by atoms with Gasteiger partial charge in [0.15, 0.2) is 5.82 Å². The quantitative estimate of drug-likeness (QED) is 0.596. The lowest BCUT2D eigenvalue weighted by molar-refractivity contribution is -0.121. The molecule has 9 heteroatoms. The summed E-state index contributed by atoms with van der Waals surface area (Å²) in [7, 11) is 0. The molecule has 1 aromatic carbocycles. The van der Waals surface area contributed by atoms with E-state index in [2.05, 4.69) is 0 Å². The van der Waals surface area contributed by atoms with Crippen molar-refractivity contribution in [2.75, 3.05) is 18.8 Å². The Hall–Kier alpha value is -2.71. The van der Waals surface area contributed by atoms with Crippen molar-refractivity contribution in [3.05, 3.63) is 29.3 Å². The molecule has 0 aliphatic carbocycles. The summed E-state index contributed by atoms with van der Waals surface area (Å²) in [6, 6.07) is 1.29. The molecule has 0 saturated carbocycles. The molecule has 1 rings (SSSR count). The monoisotopic (exact) mass is 286 g/mol. The zero-order valence-corrected chi connectivity index (χ0v) is 10.2. The number of nitrogens with zero attached hydrogens (tertiary/aromatic N) is 1. The average molecular weight is 286 g/mol. The van der Waals surface area contributed by atoms with Gasteiger partial charge in [-0.3, -0.25) is 14.4 Å². The first-order chi connectivity index (χ1) is 9.22. The highest BCUT2D eigenvalue weighted by Gasteiger charge is 2.24. The van der Waals surface area contributed by atoms with Gasteiger partial charge in [0.2, 0.25) is 11.8 Å². The van der Waals surface area contributed by atoms with E-state index in [-0.39, 0.29) is 0 Å². The van der Waals surface area contributed by atoms with Gasteiger partial charge in [0.1, 0.15) is 18.9 Å². The summed E-state index contributed by atoms with van der Waals surface area (Å²) in [5.41, 5.74) is 13.7. The Kier molecular flexibility index (Phi) is 4.57. The number of benzene rings is 1. The van der Waals surface area contributed by atoms with Gasteiger partial charge in [-0.05, 0) is 12.1 Å². The SMILES string of the molecule is NC(=O)CN(CC(N)=O)C(=O)c1cc(F)cc(N)c1F. The third-order valence-corrected chi connectivity index (χ3v) is 2.28. The zero-order valence-electron chi connectivity index (χ0n) is 10.2. The minimum atomic E-state index is -1.16. The number of halogens is 2. The maximum atomic E-state index is 13.7. The first kappa shape index (κ1) is 15.3. The van der Waals surface area contributed by atoms with E-state index in [1.54, 1.807) is 0 Å². The van der Waals surface area contributed by atoms with Gasteiger partial charge in [-0.2, -0.15) is 0 Å². The largest absolute Gasteiger partial charge is 0.396 e. The number of rotatable bonds is 5. The van der Waals surface area contributed by atoms with E-state index in [0.717, 1.165) is 0 Å². The maximum absolute atomic E-state index is 13.7. The topological polar surface area (TPSA) is 133 Å². The Morgan fingerprint density at radius 1 is 1.05 bits per heavy atom. The fourth-order valence-electron chi connectivity index (χ4n) is 1.51.